The molecule has 2 amide bonds. The molecule has 0 radical (unpaired) electrons. The molecular weight excluding hydrogens is 428 g/mol. The summed E-state index contributed by atoms with van der Waals surface area (Å²) in [6.45, 7) is 1.52. The van der Waals surface area contributed by atoms with E-state index in [1.165, 1.54) is 19.1 Å². The van der Waals surface area contributed by atoms with E-state index in [1.54, 1.807) is 54.6 Å². The van der Waals surface area contributed by atoms with E-state index in [0.717, 1.165) is 11.1 Å². The van der Waals surface area contributed by atoms with Crippen LogP contribution in [0.2, 0.25) is 5.02 Å². The Morgan fingerprint density at radius 1 is 0.969 bits per heavy atom. The van der Waals surface area contributed by atoms with Crippen LogP contribution in [0.4, 0.5) is 5.69 Å². The van der Waals surface area contributed by atoms with Crippen molar-refractivity contribution in [2.75, 3.05) is 5.32 Å². The quantitative estimate of drug-likeness (QED) is 0.307. The van der Waals surface area contributed by atoms with Crippen LogP contribution in [0.3, 0.4) is 0 Å². The monoisotopic (exact) mass is 448 g/mol. The third kappa shape index (κ3) is 6.82. The number of carbonyl (C=O) groups excluding carboxylic acids is 3. The topological polar surface area (TPSA) is 84.5 Å². The second kappa shape index (κ2) is 10.9. The van der Waals surface area contributed by atoms with Crippen LogP contribution >= 0.6 is 11.6 Å². The summed E-state index contributed by atoms with van der Waals surface area (Å²) < 4.78 is 5.03. The molecule has 162 valence electrons. The smallest absolute Gasteiger partial charge is 0.308 e. The van der Waals surface area contributed by atoms with Crippen molar-refractivity contribution in [3.05, 3.63) is 101 Å². The molecule has 0 bridgehead atoms. The van der Waals surface area contributed by atoms with E-state index < -0.39 is 5.97 Å². The van der Waals surface area contributed by atoms with Gasteiger partial charge >= 0.3 is 5.97 Å². The molecule has 32 heavy (non-hydrogen) atoms. The van der Waals surface area contributed by atoms with Gasteiger partial charge in [0, 0.05) is 35.8 Å². The van der Waals surface area contributed by atoms with Gasteiger partial charge in [0.25, 0.3) is 5.91 Å². The molecule has 6 nitrogen and oxygen atoms in total. The highest BCUT2D eigenvalue weighted by Gasteiger charge is 2.11. The first-order valence-corrected chi connectivity index (χ1v) is 10.2. The van der Waals surface area contributed by atoms with Crippen LogP contribution in [-0.2, 0) is 16.1 Å². The van der Waals surface area contributed by atoms with Crippen LogP contribution in [0.25, 0.3) is 6.08 Å². The summed E-state index contributed by atoms with van der Waals surface area (Å²) in [7, 11) is 0. The average Bonchev–Trinajstić information content (AvgIpc) is 2.77. The van der Waals surface area contributed by atoms with Crippen molar-refractivity contribution >= 4 is 41.1 Å². The number of benzene rings is 3. The molecule has 3 aromatic carbocycles. The molecule has 0 aromatic heterocycles. The van der Waals surface area contributed by atoms with E-state index in [9.17, 15) is 14.4 Å². The Balaban J connectivity index is 1.64. The summed E-state index contributed by atoms with van der Waals surface area (Å²) in [5.74, 6) is -0.816. The van der Waals surface area contributed by atoms with Gasteiger partial charge in [-0.15, -0.1) is 0 Å². The number of anilines is 1. The van der Waals surface area contributed by atoms with Gasteiger partial charge in [0.05, 0.1) is 0 Å². The van der Waals surface area contributed by atoms with Gasteiger partial charge in [0.15, 0.2) is 0 Å². The highest BCUT2D eigenvalue weighted by atomic mass is 35.5. The summed E-state index contributed by atoms with van der Waals surface area (Å²) >= 11 is 5.94. The fourth-order valence-electron chi connectivity index (χ4n) is 2.88. The van der Waals surface area contributed by atoms with Crippen LogP contribution in [0.15, 0.2) is 78.9 Å². The molecule has 0 aliphatic rings. The minimum atomic E-state index is -0.465. The molecule has 3 rings (SSSR count). The van der Waals surface area contributed by atoms with Crippen molar-refractivity contribution in [2.45, 2.75) is 13.5 Å². The van der Waals surface area contributed by atoms with Crippen molar-refractivity contribution in [3.63, 3.8) is 0 Å². The summed E-state index contributed by atoms with van der Waals surface area (Å²) in [5.41, 5.74) is 2.46. The Labute approximate surface area is 190 Å². The Morgan fingerprint density at radius 2 is 1.75 bits per heavy atom. The van der Waals surface area contributed by atoms with Gasteiger partial charge in [0.2, 0.25) is 5.91 Å². The van der Waals surface area contributed by atoms with E-state index >= 15 is 0 Å². The molecule has 0 fully saturated rings. The van der Waals surface area contributed by atoms with Crippen LogP contribution in [0.5, 0.6) is 5.75 Å². The van der Waals surface area contributed by atoms with Gasteiger partial charge in [-0.2, -0.15) is 0 Å². The predicted molar refractivity (Wildman–Crippen MR) is 124 cm³/mol. The molecule has 3 aromatic rings. The Hall–Kier alpha value is -3.90. The van der Waals surface area contributed by atoms with Crippen molar-refractivity contribution in [2.24, 2.45) is 0 Å². The van der Waals surface area contributed by atoms with E-state index in [1.807, 2.05) is 18.2 Å². The fourth-order valence-corrected chi connectivity index (χ4v) is 3.08. The summed E-state index contributed by atoms with van der Waals surface area (Å²) in [5, 5.41) is 6.23. The van der Waals surface area contributed by atoms with Gasteiger partial charge < -0.3 is 15.4 Å². The number of hydrogen-bond donors (Lipinski definition) is 2. The molecule has 0 atom stereocenters. The minimum absolute atomic E-state index is 0.225. The standard InChI is InChI=1S/C25H21ClN2O4/c1-17(29)32-22-10-5-8-19(15-22)25(31)28-23-11-3-2-7-20(23)16-27-24(30)13-12-18-6-4-9-21(26)14-18/h2-15H,16H2,1H3,(H,27,30)(H,28,31)/b13-12+. The molecule has 0 saturated heterocycles. The first-order valence-electron chi connectivity index (χ1n) is 9.80. The molecule has 0 unspecified atom stereocenters. The van der Waals surface area contributed by atoms with Crippen LogP contribution in [0, 0.1) is 0 Å². The lowest BCUT2D eigenvalue weighted by Crippen LogP contribution is -2.22. The fraction of sp³-hybridized carbons (Fsp3) is 0.0800. The number of nitrogens with one attached hydrogen (secondary N) is 2. The van der Waals surface area contributed by atoms with E-state index in [2.05, 4.69) is 10.6 Å². The molecule has 0 aliphatic heterocycles. The number of rotatable bonds is 7. The second-order valence-corrected chi connectivity index (χ2v) is 7.28. The molecule has 0 heterocycles. The number of carbonyl (C=O) groups is 3. The highest BCUT2D eigenvalue weighted by Crippen LogP contribution is 2.19. The van der Waals surface area contributed by atoms with Gasteiger partial charge in [-0.05, 0) is 53.6 Å². The number of esters is 1. The molecule has 0 spiro atoms. The predicted octanol–water partition coefficient (Wildman–Crippen LogP) is 4.85. The third-order valence-corrected chi connectivity index (χ3v) is 4.59. The van der Waals surface area contributed by atoms with Gasteiger partial charge in [0.1, 0.15) is 5.75 Å². The van der Waals surface area contributed by atoms with E-state index in [0.29, 0.717) is 16.3 Å². The van der Waals surface area contributed by atoms with Crippen LogP contribution in [-0.4, -0.2) is 17.8 Å². The SMILES string of the molecule is CC(=O)Oc1cccc(C(=O)Nc2ccccc2CNC(=O)/C=C/c2cccc(Cl)c2)c1. The summed E-state index contributed by atoms with van der Waals surface area (Å²) in [6.07, 6.45) is 3.10. The summed E-state index contributed by atoms with van der Waals surface area (Å²) in [6, 6.07) is 20.7. The van der Waals surface area contributed by atoms with Gasteiger partial charge in [-0.3, -0.25) is 14.4 Å². The lowest BCUT2D eigenvalue weighted by atomic mass is 10.1. The summed E-state index contributed by atoms with van der Waals surface area (Å²) in [4.78, 5) is 36.0. The van der Waals surface area contributed by atoms with Crippen molar-refractivity contribution in [1.29, 1.82) is 0 Å². The first-order chi connectivity index (χ1) is 15.4. The number of halogens is 1. The minimum Gasteiger partial charge on any atom is -0.427 e. The number of hydrogen-bond acceptors (Lipinski definition) is 4. The normalized spacial score (nSPS) is 10.6. The maximum atomic E-state index is 12.7. The number of amides is 2. The van der Waals surface area contributed by atoms with Crippen molar-refractivity contribution < 1.29 is 19.1 Å². The average molecular weight is 449 g/mol. The third-order valence-electron chi connectivity index (χ3n) is 4.35. The first kappa shape index (κ1) is 22.8. The van der Waals surface area contributed by atoms with E-state index in [-0.39, 0.29) is 24.1 Å². The number of para-hydroxylation sites is 1. The molecular formula is C25H21ClN2O4. The largest absolute Gasteiger partial charge is 0.427 e. The lowest BCUT2D eigenvalue weighted by molar-refractivity contribution is -0.131. The van der Waals surface area contributed by atoms with Crippen molar-refractivity contribution in [1.82, 2.24) is 5.32 Å². The molecule has 0 aliphatic carbocycles. The lowest BCUT2D eigenvalue weighted by Gasteiger charge is -2.12. The van der Waals surface area contributed by atoms with E-state index in [4.69, 9.17) is 16.3 Å². The van der Waals surface area contributed by atoms with Crippen LogP contribution < -0.4 is 15.4 Å². The molecule has 2 N–H and O–H groups in total. The Morgan fingerprint density at radius 3 is 2.53 bits per heavy atom. The molecule has 7 heteroatoms. The Kier molecular flexibility index (Phi) is 7.78. The highest BCUT2D eigenvalue weighted by molar-refractivity contribution is 6.30. The zero-order valence-electron chi connectivity index (χ0n) is 17.3. The zero-order valence-corrected chi connectivity index (χ0v) is 18.1. The van der Waals surface area contributed by atoms with Crippen molar-refractivity contribution in [3.8, 4) is 5.75 Å². The Bertz CT molecular complexity index is 1170. The molecule has 0 saturated carbocycles. The van der Waals surface area contributed by atoms with Crippen LogP contribution in [0.1, 0.15) is 28.4 Å². The number of ether oxygens (including phenoxy) is 1. The zero-order chi connectivity index (χ0) is 22.9. The maximum absolute atomic E-state index is 12.7. The van der Waals surface area contributed by atoms with Gasteiger partial charge in [-0.25, -0.2) is 0 Å². The van der Waals surface area contributed by atoms with Gasteiger partial charge in [-0.1, -0.05) is 48.0 Å². The maximum Gasteiger partial charge on any atom is 0.308 e. The second-order valence-electron chi connectivity index (χ2n) is 6.84.